The Kier molecular flexibility index (Phi) is 2.71. The average molecular weight is 305 g/mol. The summed E-state index contributed by atoms with van der Waals surface area (Å²) in [6.45, 7) is 3.31. The summed E-state index contributed by atoms with van der Waals surface area (Å²) in [4.78, 5) is 12.1. The van der Waals surface area contributed by atoms with Crippen LogP contribution in [0.2, 0.25) is 0 Å². The van der Waals surface area contributed by atoms with Gasteiger partial charge in [-0.1, -0.05) is 12.1 Å². The molecule has 116 valence electrons. The number of aryl methyl sites for hydroxylation is 1. The van der Waals surface area contributed by atoms with Crippen molar-refractivity contribution in [3.63, 3.8) is 0 Å². The number of rotatable bonds is 2. The molecule has 2 aromatic heterocycles. The molecule has 0 spiro atoms. The van der Waals surface area contributed by atoms with Crippen molar-refractivity contribution in [3.05, 3.63) is 35.7 Å². The van der Waals surface area contributed by atoms with Gasteiger partial charge < -0.3 is 4.90 Å². The standard InChI is InChI=1S/C18H19N5/c1-11-7-8-23(11)18-20-15-4-2-3-14(15)17(21-18)12-5-6-13-10-19-22-16(13)9-12/h5-6,9-11H,2-4,7-8H2,1H3,(H,19,22)/t11-/m0/s1. The highest BCUT2D eigenvalue weighted by Gasteiger charge is 2.29. The Morgan fingerprint density at radius 1 is 1.22 bits per heavy atom. The number of benzene rings is 1. The molecule has 1 saturated heterocycles. The summed E-state index contributed by atoms with van der Waals surface area (Å²) in [6, 6.07) is 6.98. The van der Waals surface area contributed by atoms with E-state index in [0.717, 1.165) is 47.5 Å². The molecule has 0 amide bonds. The Morgan fingerprint density at radius 2 is 2.17 bits per heavy atom. The summed E-state index contributed by atoms with van der Waals surface area (Å²) in [6.07, 6.45) is 6.43. The zero-order valence-electron chi connectivity index (χ0n) is 13.2. The Morgan fingerprint density at radius 3 is 3.00 bits per heavy atom. The fourth-order valence-corrected chi connectivity index (χ4v) is 3.68. The van der Waals surface area contributed by atoms with Crippen molar-refractivity contribution < 1.29 is 0 Å². The van der Waals surface area contributed by atoms with Crippen molar-refractivity contribution in [3.8, 4) is 11.3 Å². The first-order valence-corrected chi connectivity index (χ1v) is 8.39. The van der Waals surface area contributed by atoms with Crippen LogP contribution in [0.4, 0.5) is 5.95 Å². The van der Waals surface area contributed by atoms with Crippen molar-refractivity contribution >= 4 is 16.9 Å². The maximum Gasteiger partial charge on any atom is 0.226 e. The van der Waals surface area contributed by atoms with Crippen LogP contribution in [-0.2, 0) is 12.8 Å². The van der Waals surface area contributed by atoms with Crippen molar-refractivity contribution in [2.24, 2.45) is 0 Å². The molecule has 0 saturated carbocycles. The first-order valence-electron chi connectivity index (χ1n) is 8.39. The highest BCUT2D eigenvalue weighted by Crippen LogP contribution is 2.34. The van der Waals surface area contributed by atoms with Gasteiger partial charge in [0.05, 0.1) is 17.4 Å². The largest absolute Gasteiger partial charge is 0.338 e. The predicted molar refractivity (Wildman–Crippen MR) is 90.6 cm³/mol. The van der Waals surface area contributed by atoms with Crippen LogP contribution in [0.3, 0.4) is 0 Å². The van der Waals surface area contributed by atoms with E-state index in [1.54, 1.807) is 0 Å². The molecule has 5 rings (SSSR count). The molecule has 23 heavy (non-hydrogen) atoms. The molecular weight excluding hydrogens is 286 g/mol. The lowest BCUT2D eigenvalue weighted by Gasteiger charge is -2.39. The van der Waals surface area contributed by atoms with Gasteiger partial charge in [0.15, 0.2) is 0 Å². The van der Waals surface area contributed by atoms with Crippen molar-refractivity contribution in [2.75, 3.05) is 11.4 Å². The molecule has 3 heterocycles. The van der Waals surface area contributed by atoms with E-state index in [1.807, 2.05) is 6.20 Å². The Labute approximate surface area is 134 Å². The van der Waals surface area contributed by atoms with Crippen LogP contribution >= 0.6 is 0 Å². The highest BCUT2D eigenvalue weighted by molar-refractivity contribution is 5.84. The minimum Gasteiger partial charge on any atom is -0.338 e. The third-order valence-electron chi connectivity index (χ3n) is 5.21. The number of nitrogens with zero attached hydrogens (tertiary/aromatic N) is 4. The molecule has 3 aromatic rings. The number of fused-ring (bicyclic) bond motifs is 2. The first-order chi connectivity index (χ1) is 11.3. The van der Waals surface area contributed by atoms with Crippen molar-refractivity contribution in [1.29, 1.82) is 0 Å². The van der Waals surface area contributed by atoms with Gasteiger partial charge in [-0.15, -0.1) is 0 Å². The molecule has 1 aliphatic carbocycles. The van der Waals surface area contributed by atoms with Gasteiger partial charge in [0.2, 0.25) is 5.95 Å². The van der Waals surface area contributed by atoms with E-state index in [2.05, 4.69) is 40.2 Å². The molecule has 0 radical (unpaired) electrons. The Bertz CT molecular complexity index is 898. The fraction of sp³-hybridized carbons (Fsp3) is 0.389. The second-order valence-electron chi connectivity index (χ2n) is 6.65. The molecular formula is C18H19N5. The molecule has 0 unspecified atom stereocenters. The number of hydrogen-bond acceptors (Lipinski definition) is 4. The third-order valence-corrected chi connectivity index (χ3v) is 5.21. The van der Waals surface area contributed by atoms with E-state index in [4.69, 9.17) is 9.97 Å². The van der Waals surface area contributed by atoms with Crippen LogP contribution in [0.25, 0.3) is 22.2 Å². The number of nitrogens with one attached hydrogen (secondary N) is 1. The molecule has 1 atom stereocenters. The average Bonchev–Trinajstić information content (AvgIpc) is 3.20. The van der Waals surface area contributed by atoms with Gasteiger partial charge in [-0.25, -0.2) is 9.97 Å². The second kappa shape index (κ2) is 4.78. The summed E-state index contributed by atoms with van der Waals surface area (Å²) in [5.41, 5.74) is 5.91. The van der Waals surface area contributed by atoms with Crippen molar-refractivity contribution in [2.45, 2.75) is 38.6 Å². The Hall–Kier alpha value is -2.43. The zero-order chi connectivity index (χ0) is 15.4. The minimum atomic E-state index is 0.553. The van der Waals surface area contributed by atoms with Gasteiger partial charge in [-0.2, -0.15) is 5.10 Å². The predicted octanol–water partition coefficient (Wildman–Crippen LogP) is 3.11. The number of anilines is 1. The van der Waals surface area contributed by atoms with Gasteiger partial charge in [0.1, 0.15) is 0 Å². The molecule has 2 aliphatic rings. The Balaban J connectivity index is 1.68. The maximum absolute atomic E-state index is 4.96. The van der Waals surface area contributed by atoms with E-state index in [-0.39, 0.29) is 0 Å². The highest BCUT2D eigenvalue weighted by atomic mass is 15.3. The molecule has 1 aromatic carbocycles. The van der Waals surface area contributed by atoms with Crippen molar-refractivity contribution in [1.82, 2.24) is 20.2 Å². The lowest BCUT2D eigenvalue weighted by molar-refractivity contribution is 0.470. The zero-order valence-corrected chi connectivity index (χ0v) is 13.2. The SMILES string of the molecule is C[C@H]1CCN1c1nc2c(c(-c3ccc4cn[nH]c4c3)n1)CCC2. The number of aromatic nitrogens is 4. The minimum absolute atomic E-state index is 0.553. The van der Waals surface area contributed by atoms with E-state index in [1.165, 1.54) is 24.1 Å². The van der Waals surface area contributed by atoms with E-state index >= 15 is 0 Å². The number of aromatic amines is 1. The first kappa shape index (κ1) is 13.0. The smallest absolute Gasteiger partial charge is 0.226 e. The van der Waals surface area contributed by atoms with Gasteiger partial charge in [0, 0.05) is 34.8 Å². The van der Waals surface area contributed by atoms with Gasteiger partial charge >= 0.3 is 0 Å². The summed E-state index contributed by atoms with van der Waals surface area (Å²) < 4.78 is 0. The van der Waals surface area contributed by atoms with Crippen LogP contribution in [0, 0.1) is 0 Å². The third kappa shape index (κ3) is 1.96. The lowest BCUT2D eigenvalue weighted by Crippen LogP contribution is -2.46. The monoisotopic (exact) mass is 305 g/mol. The van der Waals surface area contributed by atoms with Crippen LogP contribution in [0.1, 0.15) is 31.0 Å². The van der Waals surface area contributed by atoms with E-state index < -0.39 is 0 Å². The molecule has 5 nitrogen and oxygen atoms in total. The molecule has 0 bridgehead atoms. The topological polar surface area (TPSA) is 57.7 Å². The lowest BCUT2D eigenvalue weighted by atomic mass is 10.0. The number of H-pyrrole nitrogens is 1. The quantitative estimate of drug-likeness (QED) is 0.790. The summed E-state index contributed by atoms with van der Waals surface area (Å²) in [5, 5.41) is 8.32. The molecule has 5 heteroatoms. The molecule has 1 fully saturated rings. The van der Waals surface area contributed by atoms with Gasteiger partial charge in [0.25, 0.3) is 0 Å². The second-order valence-corrected chi connectivity index (χ2v) is 6.65. The van der Waals surface area contributed by atoms with E-state index in [0.29, 0.717) is 6.04 Å². The normalized spacial score (nSPS) is 19.9. The summed E-state index contributed by atoms with van der Waals surface area (Å²) in [5.74, 6) is 0.907. The summed E-state index contributed by atoms with van der Waals surface area (Å²) >= 11 is 0. The molecule has 1 N–H and O–H groups in total. The maximum atomic E-state index is 4.96. The van der Waals surface area contributed by atoms with Crippen LogP contribution < -0.4 is 4.90 Å². The van der Waals surface area contributed by atoms with E-state index in [9.17, 15) is 0 Å². The van der Waals surface area contributed by atoms with Crippen LogP contribution in [-0.4, -0.2) is 32.8 Å². The van der Waals surface area contributed by atoms with Crippen LogP contribution in [0.15, 0.2) is 24.4 Å². The fourth-order valence-electron chi connectivity index (χ4n) is 3.68. The number of hydrogen-bond donors (Lipinski definition) is 1. The summed E-state index contributed by atoms with van der Waals surface area (Å²) in [7, 11) is 0. The van der Waals surface area contributed by atoms with Gasteiger partial charge in [-0.3, -0.25) is 5.10 Å². The van der Waals surface area contributed by atoms with Gasteiger partial charge in [-0.05, 0) is 38.7 Å². The molecule has 1 aliphatic heterocycles. The van der Waals surface area contributed by atoms with Crippen LogP contribution in [0.5, 0.6) is 0 Å².